The Balaban J connectivity index is 1.54. The molecule has 130 valence electrons. The normalized spacial score (nSPS) is 10.6. The molecule has 1 amide bonds. The molecule has 1 heterocycles. The Morgan fingerprint density at radius 2 is 1.92 bits per heavy atom. The van der Waals surface area contributed by atoms with Crippen LogP contribution in [0, 0.1) is 6.92 Å². The van der Waals surface area contributed by atoms with Crippen LogP contribution in [0.15, 0.2) is 42.5 Å². The number of carbonyl (C=O) groups is 1. The Hall–Kier alpha value is -2.60. The van der Waals surface area contributed by atoms with Crippen molar-refractivity contribution in [3.05, 3.63) is 47.5 Å². The van der Waals surface area contributed by atoms with Crippen LogP contribution in [0.1, 0.15) is 18.4 Å². The van der Waals surface area contributed by atoms with E-state index in [0.29, 0.717) is 18.1 Å². The van der Waals surface area contributed by atoms with Gasteiger partial charge in [0.15, 0.2) is 11.5 Å². The second-order valence-electron chi connectivity index (χ2n) is 5.44. The van der Waals surface area contributed by atoms with Gasteiger partial charge in [-0.05, 0) is 44.2 Å². The fourth-order valence-electron chi connectivity index (χ4n) is 2.44. The maximum absolute atomic E-state index is 12.1. The van der Waals surface area contributed by atoms with E-state index in [1.165, 1.54) is 0 Å². The number of rotatable bonds is 7. The van der Waals surface area contributed by atoms with Gasteiger partial charge in [-0.15, -0.1) is 11.3 Å². The Morgan fingerprint density at radius 1 is 1.16 bits per heavy atom. The molecular weight excluding hydrogens is 336 g/mol. The smallest absolute Gasteiger partial charge is 0.227 e. The van der Waals surface area contributed by atoms with E-state index < -0.39 is 0 Å². The number of aromatic nitrogens is 1. The van der Waals surface area contributed by atoms with Gasteiger partial charge in [-0.2, -0.15) is 0 Å². The van der Waals surface area contributed by atoms with E-state index in [9.17, 15) is 4.79 Å². The summed E-state index contributed by atoms with van der Waals surface area (Å²) in [5, 5.41) is 3.91. The van der Waals surface area contributed by atoms with Gasteiger partial charge in [0.05, 0.1) is 34.9 Å². The van der Waals surface area contributed by atoms with Gasteiger partial charge >= 0.3 is 0 Å². The number of thiazole rings is 1. The van der Waals surface area contributed by atoms with Crippen LogP contribution in [0.4, 0.5) is 5.69 Å². The van der Waals surface area contributed by atoms with Gasteiger partial charge in [-0.1, -0.05) is 12.1 Å². The number of aryl methyl sites for hydroxylation is 1. The highest BCUT2D eigenvalue weighted by Gasteiger charge is 2.08. The van der Waals surface area contributed by atoms with Crippen molar-refractivity contribution in [1.82, 2.24) is 4.98 Å². The van der Waals surface area contributed by atoms with Crippen molar-refractivity contribution < 1.29 is 14.3 Å². The van der Waals surface area contributed by atoms with Crippen LogP contribution in [0.3, 0.4) is 0 Å². The molecule has 25 heavy (non-hydrogen) atoms. The number of nitrogens with one attached hydrogen (secondary N) is 1. The summed E-state index contributed by atoms with van der Waals surface area (Å²) in [7, 11) is 0. The van der Waals surface area contributed by atoms with Crippen LogP contribution >= 0.6 is 11.3 Å². The number of fused-ring (bicyclic) bond motifs is 1. The summed E-state index contributed by atoms with van der Waals surface area (Å²) >= 11 is 1.61. The number of ether oxygens (including phenoxy) is 2. The lowest BCUT2D eigenvalue weighted by Gasteiger charge is -2.11. The molecule has 1 N–H and O–H groups in total. The van der Waals surface area contributed by atoms with Gasteiger partial charge in [0.1, 0.15) is 0 Å². The lowest BCUT2D eigenvalue weighted by atomic mass is 10.3. The van der Waals surface area contributed by atoms with E-state index in [1.54, 1.807) is 11.3 Å². The summed E-state index contributed by atoms with van der Waals surface area (Å²) in [4.78, 5) is 16.5. The van der Waals surface area contributed by atoms with E-state index in [-0.39, 0.29) is 18.9 Å². The topological polar surface area (TPSA) is 60.5 Å². The molecule has 0 spiro atoms. The number of nitrogens with zero attached hydrogens (tertiary/aromatic N) is 1. The number of amides is 1. The minimum atomic E-state index is -0.0884. The quantitative estimate of drug-likeness (QED) is 0.681. The minimum Gasteiger partial charge on any atom is -0.490 e. The monoisotopic (exact) mass is 356 g/mol. The third kappa shape index (κ3) is 4.48. The molecule has 0 fully saturated rings. The number of hydrogen-bond donors (Lipinski definition) is 1. The Morgan fingerprint density at radius 3 is 2.68 bits per heavy atom. The first-order valence-electron chi connectivity index (χ1n) is 8.17. The highest BCUT2D eigenvalue weighted by molar-refractivity contribution is 7.18. The first kappa shape index (κ1) is 17.2. The summed E-state index contributed by atoms with van der Waals surface area (Å²) in [6, 6.07) is 13.2. The molecule has 3 rings (SSSR count). The largest absolute Gasteiger partial charge is 0.490 e. The van der Waals surface area contributed by atoms with Crippen molar-refractivity contribution in [2.75, 3.05) is 18.5 Å². The average molecular weight is 356 g/mol. The second-order valence-corrected chi connectivity index (χ2v) is 6.68. The third-order valence-electron chi connectivity index (χ3n) is 3.51. The number of anilines is 1. The van der Waals surface area contributed by atoms with Crippen LogP contribution in [-0.2, 0) is 4.79 Å². The maximum atomic E-state index is 12.1. The van der Waals surface area contributed by atoms with E-state index in [1.807, 2.05) is 56.3 Å². The molecule has 3 aromatic rings. The molecule has 6 heteroatoms. The predicted octanol–water partition coefficient (Wildman–Crippen LogP) is 4.41. The Labute approximate surface area is 150 Å². The van der Waals surface area contributed by atoms with Crippen molar-refractivity contribution in [2.24, 2.45) is 0 Å². The molecule has 0 aliphatic rings. The fraction of sp³-hybridized carbons (Fsp3) is 0.263. The minimum absolute atomic E-state index is 0.0884. The Kier molecular flexibility index (Phi) is 5.50. The summed E-state index contributed by atoms with van der Waals surface area (Å²) in [5.41, 5.74) is 1.73. The lowest BCUT2D eigenvalue weighted by Crippen LogP contribution is -2.15. The molecule has 0 bridgehead atoms. The summed E-state index contributed by atoms with van der Waals surface area (Å²) in [6.07, 6.45) is 0.264. The first-order valence-corrected chi connectivity index (χ1v) is 8.99. The SMILES string of the molecule is CCOc1ccccc1OCCC(=O)Nc1ccc2nc(C)sc2c1. The van der Waals surface area contributed by atoms with Crippen LogP contribution in [0.5, 0.6) is 11.5 Å². The van der Waals surface area contributed by atoms with Gasteiger partial charge < -0.3 is 14.8 Å². The number of carbonyl (C=O) groups excluding carboxylic acids is 1. The zero-order valence-electron chi connectivity index (χ0n) is 14.2. The van der Waals surface area contributed by atoms with Crippen molar-refractivity contribution >= 4 is 33.1 Å². The van der Waals surface area contributed by atoms with E-state index >= 15 is 0 Å². The average Bonchev–Trinajstić information content (AvgIpc) is 2.96. The van der Waals surface area contributed by atoms with Gasteiger partial charge in [0, 0.05) is 5.69 Å². The highest BCUT2D eigenvalue weighted by Crippen LogP contribution is 2.27. The van der Waals surface area contributed by atoms with E-state index in [4.69, 9.17) is 9.47 Å². The molecule has 0 radical (unpaired) electrons. The van der Waals surface area contributed by atoms with Crippen molar-refractivity contribution in [2.45, 2.75) is 20.3 Å². The summed E-state index contributed by atoms with van der Waals surface area (Å²) in [6.45, 7) is 4.75. The van der Waals surface area contributed by atoms with Gasteiger partial charge in [-0.3, -0.25) is 4.79 Å². The molecule has 0 atom stereocenters. The van der Waals surface area contributed by atoms with E-state index in [2.05, 4.69) is 10.3 Å². The Bertz CT molecular complexity index is 876. The van der Waals surface area contributed by atoms with Crippen LogP contribution < -0.4 is 14.8 Å². The van der Waals surface area contributed by atoms with Crippen LogP contribution in [-0.4, -0.2) is 24.1 Å². The highest BCUT2D eigenvalue weighted by atomic mass is 32.1. The maximum Gasteiger partial charge on any atom is 0.227 e. The van der Waals surface area contributed by atoms with Crippen LogP contribution in [0.2, 0.25) is 0 Å². The van der Waals surface area contributed by atoms with Crippen LogP contribution in [0.25, 0.3) is 10.2 Å². The van der Waals surface area contributed by atoms with Crippen molar-refractivity contribution in [3.8, 4) is 11.5 Å². The van der Waals surface area contributed by atoms with Gasteiger partial charge in [0.25, 0.3) is 0 Å². The van der Waals surface area contributed by atoms with Gasteiger partial charge in [0.2, 0.25) is 5.91 Å². The van der Waals surface area contributed by atoms with Crippen molar-refractivity contribution in [1.29, 1.82) is 0 Å². The molecule has 0 saturated heterocycles. The summed E-state index contributed by atoms with van der Waals surface area (Å²) < 4.78 is 12.2. The fourth-order valence-corrected chi connectivity index (χ4v) is 3.31. The predicted molar refractivity (Wildman–Crippen MR) is 101 cm³/mol. The zero-order valence-corrected chi connectivity index (χ0v) is 15.1. The summed E-state index contributed by atoms with van der Waals surface area (Å²) in [5.74, 6) is 1.25. The molecular formula is C19H20N2O3S. The molecule has 0 saturated carbocycles. The van der Waals surface area contributed by atoms with Gasteiger partial charge in [-0.25, -0.2) is 4.98 Å². The van der Waals surface area contributed by atoms with E-state index in [0.717, 1.165) is 20.9 Å². The molecule has 2 aromatic carbocycles. The zero-order chi connectivity index (χ0) is 17.6. The first-order chi connectivity index (χ1) is 12.2. The molecule has 0 aliphatic carbocycles. The molecule has 1 aromatic heterocycles. The number of hydrogen-bond acceptors (Lipinski definition) is 5. The number of para-hydroxylation sites is 2. The molecule has 5 nitrogen and oxygen atoms in total. The molecule has 0 aliphatic heterocycles. The molecule has 0 unspecified atom stereocenters. The second kappa shape index (κ2) is 7.98. The number of benzene rings is 2. The third-order valence-corrected chi connectivity index (χ3v) is 4.45. The lowest BCUT2D eigenvalue weighted by molar-refractivity contribution is -0.116. The van der Waals surface area contributed by atoms with Crippen molar-refractivity contribution in [3.63, 3.8) is 0 Å². The standard InChI is InChI=1S/C19H20N2O3S/c1-3-23-16-6-4-5-7-17(16)24-11-10-19(22)21-14-8-9-15-18(12-14)25-13(2)20-15/h4-9,12H,3,10-11H2,1-2H3,(H,21,22).